The highest BCUT2D eigenvalue weighted by atomic mass is 19.4. The van der Waals surface area contributed by atoms with Gasteiger partial charge < -0.3 is 14.0 Å². The molecule has 1 atom stereocenters. The topological polar surface area (TPSA) is 39.5 Å². The number of halogens is 3. The number of unbranched alkanes of at least 4 members (excludes halogenated alkanes) is 1. The van der Waals surface area contributed by atoms with Crippen LogP contribution >= 0.6 is 0 Å². The molecule has 0 fully saturated rings. The molecule has 5 nitrogen and oxygen atoms in total. The fourth-order valence-corrected chi connectivity index (χ4v) is 5.90. The molecule has 4 aromatic carbocycles. The van der Waals surface area contributed by atoms with Crippen LogP contribution in [0, 0.1) is 0 Å². The van der Waals surface area contributed by atoms with Crippen LogP contribution in [0.4, 0.5) is 13.2 Å². The van der Waals surface area contributed by atoms with Gasteiger partial charge in [0.1, 0.15) is 5.82 Å². The van der Waals surface area contributed by atoms with Crippen molar-refractivity contribution in [1.82, 2.24) is 14.5 Å². The maximum atomic E-state index is 13.7. The van der Waals surface area contributed by atoms with Crippen molar-refractivity contribution in [3.63, 3.8) is 0 Å². The molecule has 8 heteroatoms. The number of imidazole rings is 1. The molecule has 0 radical (unpaired) electrons. The fourth-order valence-electron chi connectivity index (χ4n) is 5.90. The number of nitrogens with zero attached hydrogens (tertiary/aromatic N) is 3. The van der Waals surface area contributed by atoms with E-state index < -0.39 is 11.7 Å². The second kappa shape index (κ2) is 13.2. The Bertz CT molecular complexity index is 1740. The first-order chi connectivity index (χ1) is 21.8. The zero-order valence-electron chi connectivity index (χ0n) is 25.4. The van der Waals surface area contributed by atoms with Crippen molar-refractivity contribution in [2.45, 2.75) is 58.5 Å². The SMILES string of the molecule is CCCCn1c(-c2ccccc2)nc(-c2ccccc2)c1C(C)N(Cc1cccc(C(F)(F)F)c1)Cc1ccc2c(c1)OCO2. The van der Waals surface area contributed by atoms with Gasteiger partial charge in [0, 0.05) is 30.8 Å². The molecule has 1 unspecified atom stereocenters. The van der Waals surface area contributed by atoms with Gasteiger partial charge in [-0.1, -0.05) is 98.3 Å². The van der Waals surface area contributed by atoms with Crippen LogP contribution in [-0.4, -0.2) is 21.2 Å². The molecule has 0 aliphatic carbocycles. The number of aromatic nitrogens is 2. The van der Waals surface area contributed by atoms with Crippen molar-refractivity contribution in [2.24, 2.45) is 0 Å². The molecule has 0 N–H and O–H groups in total. The van der Waals surface area contributed by atoms with Crippen molar-refractivity contribution in [2.75, 3.05) is 6.79 Å². The minimum Gasteiger partial charge on any atom is -0.454 e. The Morgan fingerprint density at radius 2 is 1.47 bits per heavy atom. The molecule has 0 bridgehead atoms. The Labute approximate surface area is 261 Å². The fraction of sp³-hybridized carbons (Fsp3) is 0.270. The lowest BCUT2D eigenvalue weighted by atomic mass is 10.0. The first-order valence-corrected chi connectivity index (χ1v) is 15.3. The van der Waals surface area contributed by atoms with Gasteiger partial charge in [-0.25, -0.2) is 4.98 Å². The van der Waals surface area contributed by atoms with Gasteiger partial charge in [0.25, 0.3) is 0 Å². The summed E-state index contributed by atoms with van der Waals surface area (Å²) in [6.45, 7) is 6.00. The molecule has 45 heavy (non-hydrogen) atoms. The predicted octanol–water partition coefficient (Wildman–Crippen LogP) is 9.53. The minimum atomic E-state index is -4.42. The highest BCUT2D eigenvalue weighted by Gasteiger charge is 2.32. The molecule has 0 saturated heterocycles. The van der Waals surface area contributed by atoms with Gasteiger partial charge >= 0.3 is 6.18 Å². The number of fused-ring (bicyclic) bond motifs is 1. The van der Waals surface area contributed by atoms with E-state index in [1.54, 1.807) is 6.07 Å². The smallest absolute Gasteiger partial charge is 0.416 e. The van der Waals surface area contributed by atoms with Crippen molar-refractivity contribution in [3.8, 4) is 34.1 Å². The lowest BCUT2D eigenvalue weighted by molar-refractivity contribution is -0.137. The molecule has 5 aromatic rings. The van der Waals surface area contributed by atoms with E-state index in [0.29, 0.717) is 30.2 Å². The van der Waals surface area contributed by atoms with Crippen LogP contribution in [0.3, 0.4) is 0 Å². The van der Waals surface area contributed by atoms with E-state index >= 15 is 0 Å². The van der Waals surface area contributed by atoms with Gasteiger partial charge in [-0.05, 0) is 42.7 Å². The highest BCUT2D eigenvalue weighted by molar-refractivity contribution is 5.69. The molecule has 1 aliphatic rings. The third kappa shape index (κ3) is 6.76. The van der Waals surface area contributed by atoms with E-state index in [-0.39, 0.29) is 12.8 Å². The molecule has 6 rings (SSSR count). The second-order valence-corrected chi connectivity index (χ2v) is 11.4. The first kappa shape index (κ1) is 30.5. The first-order valence-electron chi connectivity index (χ1n) is 15.3. The van der Waals surface area contributed by atoms with Crippen molar-refractivity contribution < 1.29 is 22.6 Å². The largest absolute Gasteiger partial charge is 0.454 e. The molecule has 232 valence electrons. The second-order valence-electron chi connectivity index (χ2n) is 11.4. The number of ether oxygens (including phenoxy) is 2. The van der Waals surface area contributed by atoms with Gasteiger partial charge in [-0.3, -0.25) is 4.90 Å². The average molecular weight is 612 g/mol. The van der Waals surface area contributed by atoms with Crippen LogP contribution in [0.1, 0.15) is 55.1 Å². The van der Waals surface area contributed by atoms with E-state index in [1.807, 2.05) is 54.6 Å². The standard InChI is InChI=1S/C37H36F3N3O2/c1-3-4-20-43-35(34(29-13-7-5-8-14-29)41-36(43)30-15-9-6-10-16-30)26(2)42(23-27-12-11-17-31(21-27)37(38,39)40)24-28-18-19-32-33(22-28)45-25-44-32/h5-19,21-22,26H,3-4,20,23-25H2,1-2H3. The Kier molecular flexibility index (Phi) is 8.94. The number of benzene rings is 4. The van der Waals surface area contributed by atoms with E-state index in [9.17, 15) is 13.2 Å². The lowest BCUT2D eigenvalue weighted by Crippen LogP contribution is -2.28. The van der Waals surface area contributed by atoms with Crippen LogP contribution in [0.15, 0.2) is 103 Å². The van der Waals surface area contributed by atoms with E-state index in [0.717, 1.165) is 59.4 Å². The molecular weight excluding hydrogens is 575 g/mol. The summed E-state index contributed by atoms with van der Waals surface area (Å²) in [5, 5.41) is 0. The summed E-state index contributed by atoms with van der Waals surface area (Å²) in [7, 11) is 0. The quantitative estimate of drug-likeness (QED) is 0.149. The number of hydrogen-bond acceptors (Lipinski definition) is 4. The highest BCUT2D eigenvalue weighted by Crippen LogP contribution is 2.39. The van der Waals surface area contributed by atoms with Gasteiger partial charge in [-0.2, -0.15) is 13.2 Å². The van der Waals surface area contributed by atoms with Gasteiger partial charge in [0.2, 0.25) is 6.79 Å². The Balaban J connectivity index is 1.49. The average Bonchev–Trinajstić information content (AvgIpc) is 3.68. The van der Waals surface area contributed by atoms with Crippen LogP contribution in [0.5, 0.6) is 11.5 Å². The summed E-state index contributed by atoms with van der Waals surface area (Å²) >= 11 is 0. The Morgan fingerprint density at radius 3 is 2.16 bits per heavy atom. The predicted molar refractivity (Wildman–Crippen MR) is 170 cm³/mol. The third-order valence-corrected chi connectivity index (χ3v) is 8.23. The monoisotopic (exact) mass is 611 g/mol. The van der Waals surface area contributed by atoms with E-state index in [4.69, 9.17) is 14.5 Å². The van der Waals surface area contributed by atoms with E-state index in [2.05, 4.69) is 47.6 Å². The van der Waals surface area contributed by atoms with Crippen LogP contribution in [-0.2, 0) is 25.8 Å². The number of hydrogen-bond donors (Lipinski definition) is 0. The van der Waals surface area contributed by atoms with Crippen molar-refractivity contribution in [1.29, 1.82) is 0 Å². The summed E-state index contributed by atoms with van der Waals surface area (Å²) in [5.41, 5.74) is 4.82. The number of rotatable bonds is 11. The molecule has 0 amide bonds. The minimum absolute atomic E-state index is 0.169. The molecule has 1 aromatic heterocycles. The van der Waals surface area contributed by atoms with Gasteiger partial charge in [0.15, 0.2) is 11.5 Å². The van der Waals surface area contributed by atoms with Crippen molar-refractivity contribution >= 4 is 0 Å². The lowest BCUT2D eigenvalue weighted by Gasteiger charge is -2.31. The summed E-state index contributed by atoms with van der Waals surface area (Å²) in [5.74, 6) is 2.24. The zero-order valence-corrected chi connectivity index (χ0v) is 25.4. The van der Waals surface area contributed by atoms with Crippen LogP contribution in [0.2, 0.25) is 0 Å². The maximum Gasteiger partial charge on any atom is 0.416 e. The molecule has 0 saturated carbocycles. The van der Waals surface area contributed by atoms with Crippen LogP contribution < -0.4 is 9.47 Å². The van der Waals surface area contributed by atoms with Crippen molar-refractivity contribution in [3.05, 3.63) is 126 Å². The summed E-state index contributed by atoms with van der Waals surface area (Å²) in [6.07, 6.45) is -2.46. The van der Waals surface area contributed by atoms with E-state index in [1.165, 1.54) is 12.1 Å². The number of alkyl halides is 3. The summed E-state index contributed by atoms with van der Waals surface area (Å²) < 4.78 is 54.7. The Hall–Kier alpha value is -4.56. The normalized spacial score (nSPS) is 13.4. The Morgan fingerprint density at radius 1 is 0.800 bits per heavy atom. The summed E-state index contributed by atoms with van der Waals surface area (Å²) in [4.78, 5) is 7.48. The van der Waals surface area contributed by atoms with Gasteiger partial charge in [0.05, 0.1) is 23.0 Å². The zero-order chi connectivity index (χ0) is 31.4. The van der Waals surface area contributed by atoms with Crippen LogP contribution in [0.25, 0.3) is 22.6 Å². The third-order valence-electron chi connectivity index (χ3n) is 8.23. The molecule has 0 spiro atoms. The summed E-state index contributed by atoms with van der Waals surface area (Å²) in [6, 6.07) is 31.5. The maximum absolute atomic E-state index is 13.7. The molecule has 2 heterocycles. The molecule has 1 aliphatic heterocycles. The molecular formula is C37H36F3N3O2. The van der Waals surface area contributed by atoms with Gasteiger partial charge in [-0.15, -0.1) is 0 Å².